The van der Waals surface area contributed by atoms with Crippen molar-refractivity contribution in [3.63, 3.8) is 0 Å². The third kappa shape index (κ3) is 4.57. The molecule has 0 fully saturated rings. The molecular formula is C19H13ClFN5O. The summed E-state index contributed by atoms with van der Waals surface area (Å²) in [4.78, 5) is 20.9. The number of rotatable bonds is 4. The highest BCUT2D eigenvalue weighted by Gasteiger charge is 2.12. The van der Waals surface area contributed by atoms with Crippen molar-refractivity contribution in [3.8, 4) is 6.07 Å². The molecule has 134 valence electrons. The van der Waals surface area contributed by atoms with Gasteiger partial charge < -0.3 is 10.6 Å². The maximum Gasteiger partial charge on any atom is 0.274 e. The minimum absolute atomic E-state index is 0.0881. The van der Waals surface area contributed by atoms with Crippen molar-refractivity contribution in [2.24, 2.45) is 0 Å². The summed E-state index contributed by atoms with van der Waals surface area (Å²) in [7, 11) is 0. The standard InChI is InChI=1S/C19H13ClFN5O/c1-11-8-17(18(27)24-14-6-7-16(21)15(20)9-14)26-19(23-11)25-13-4-2-12(10-22)3-5-13/h2-9H,1H3,(H,24,27)(H,23,25,26). The lowest BCUT2D eigenvalue weighted by Crippen LogP contribution is -2.15. The Balaban J connectivity index is 1.80. The first-order valence-electron chi connectivity index (χ1n) is 7.84. The number of anilines is 3. The van der Waals surface area contributed by atoms with Crippen molar-refractivity contribution in [3.05, 3.63) is 76.3 Å². The second-order valence-corrected chi connectivity index (χ2v) is 6.02. The number of carbonyl (C=O) groups excluding carboxylic acids is 1. The maximum atomic E-state index is 13.2. The number of amides is 1. The molecule has 8 heteroatoms. The van der Waals surface area contributed by atoms with E-state index in [0.717, 1.165) is 0 Å². The molecule has 0 unspecified atom stereocenters. The summed E-state index contributed by atoms with van der Waals surface area (Å²) in [5.41, 5.74) is 2.28. The Kier molecular flexibility index (Phi) is 5.29. The highest BCUT2D eigenvalue weighted by molar-refractivity contribution is 6.31. The molecule has 1 heterocycles. The van der Waals surface area contributed by atoms with Gasteiger partial charge in [0.25, 0.3) is 5.91 Å². The molecule has 6 nitrogen and oxygen atoms in total. The average Bonchev–Trinajstić information content (AvgIpc) is 2.65. The van der Waals surface area contributed by atoms with Crippen molar-refractivity contribution in [1.82, 2.24) is 9.97 Å². The van der Waals surface area contributed by atoms with Gasteiger partial charge in [-0.2, -0.15) is 5.26 Å². The number of nitrogens with zero attached hydrogens (tertiary/aromatic N) is 3. The molecule has 0 saturated heterocycles. The Morgan fingerprint density at radius 3 is 2.48 bits per heavy atom. The predicted octanol–water partition coefficient (Wildman–Crippen LogP) is 4.45. The molecule has 0 bridgehead atoms. The van der Waals surface area contributed by atoms with Gasteiger partial charge in [0, 0.05) is 17.1 Å². The average molecular weight is 382 g/mol. The monoisotopic (exact) mass is 381 g/mol. The fourth-order valence-corrected chi connectivity index (χ4v) is 2.45. The number of nitriles is 1. The van der Waals surface area contributed by atoms with E-state index in [1.807, 2.05) is 6.07 Å². The van der Waals surface area contributed by atoms with Crippen molar-refractivity contribution in [2.75, 3.05) is 10.6 Å². The van der Waals surface area contributed by atoms with Crippen LogP contribution in [0.15, 0.2) is 48.5 Å². The van der Waals surface area contributed by atoms with E-state index in [0.29, 0.717) is 22.6 Å². The molecule has 0 aliphatic rings. The van der Waals surface area contributed by atoms with E-state index in [4.69, 9.17) is 16.9 Å². The van der Waals surface area contributed by atoms with Crippen LogP contribution >= 0.6 is 11.6 Å². The summed E-state index contributed by atoms with van der Waals surface area (Å²) >= 11 is 5.72. The Morgan fingerprint density at radius 2 is 1.81 bits per heavy atom. The zero-order chi connectivity index (χ0) is 19.4. The van der Waals surface area contributed by atoms with Gasteiger partial charge in [-0.15, -0.1) is 0 Å². The number of aromatic nitrogens is 2. The van der Waals surface area contributed by atoms with Gasteiger partial charge in [-0.3, -0.25) is 4.79 Å². The van der Waals surface area contributed by atoms with Crippen LogP contribution in [0.2, 0.25) is 5.02 Å². The van der Waals surface area contributed by atoms with E-state index < -0.39 is 11.7 Å². The lowest BCUT2D eigenvalue weighted by Gasteiger charge is -2.09. The van der Waals surface area contributed by atoms with E-state index in [9.17, 15) is 9.18 Å². The maximum absolute atomic E-state index is 13.2. The van der Waals surface area contributed by atoms with Gasteiger partial charge in [-0.05, 0) is 55.5 Å². The van der Waals surface area contributed by atoms with Crippen LogP contribution < -0.4 is 10.6 Å². The van der Waals surface area contributed by atoms with Gasteiger partial charge in [0.05, 0.1) is 16.7 Å². The molecule has 2 N–H and O–H groups in total. The van der Waals surface area contributed by atoms with Crippen LogP contribution in [-0.2, 0) is 0 Å². The van der Waals surface area contributed by atoms with E-state index in [-0.39, 0.29) is 16.7 Å². The number of hydrogen-bond donors (Lipinski definition) is 2. The van der Waals surface area contributed by atoms with Gasteiger partial charge in [0.2, 0.25) is 5.95 Å². The van der Waals surface area contributed by atoms with Crippen LogP contribution in [0.4, 0.5) is 21.7 Å². The van der Waals surface area contributed by atoms with Crippen LogP contribution in [0.3, 0.4) is 0 Å². The molecule has 0 aliphatic heterocycles. The number of hydrogen-bond acceptors (Lipinski definition) is 5. The number of benzene rings is 2. The second-order valence-electron chi connectivity index (χ2n) is 5.62. The Hall–Kier alpha value is -3.50. The van der Waals surface area contributed by atoms with E-state index in [1.54, 1.807) is 31.2 Å². The van der Waals surface area contributed by atoms with Crippen molar-refractivity contribution >= 4 is 34.8 Å². The van der Waals surface area contributed by atoms with Gasteiger partial charge in [0.1, 0.15) is 11.5 Å². The molecule has 0 radical (unpaired) electrons. The number of nitrogens with one attached hydrogen (secondary N) is 2. The van der Waals surface area contributed by atoms with Crippen molar-refractivity contribution < 1.29 is 9.18 Å². The molecule has 3 aromatic rings. The highest BCUT2D eigenvalue weighted by atomic mass is 35.5. The molecule has 1 amide bonds. The zero-order valence-electron chi connectivity index (χ0n) is 14.1. The third-order valence-electron chi connectivity index (χ3n) is 3.53. The molecule has 0 atom stereocenters. The summed E-state index contributed by atoms with van der Waals surface area (Å²) in [5.74, 6) is -0.811. The lowest BCUT2D eigenvalue weighted by molar-refractivity contribution is 0.102. The molecule has 2 aromatic carbocycles. The van der Waals surface area contributed by atoms with Gasteiger partial charge in [0.15, 0.2) is 0 Å². The third-order valence-corrected chi connectivity index (χ3v) is 3.82. The fraction of sp³-hybridized carbons (Fsp3) is 0.0526. The fourth-order valence-electron chi connectivity index (χ4n) is 2.27. The summed E-state index contributed by atoms with van der Waals surface area (Å²) in [5, 5.41) is 14.4. The first-order chi connectivity index (χ1) is 12.9. The lowest BCUT2D eigenvalue weighted by atomic mass is 10.2. The van der Waals surface area contributed by atoms with E-state index in [2.05, 4.69) is 20.6 Å². The summed E-state index contributed by atoms with van der Waals surface area (Å²) in [6, 6.07) is 14.2. The Labute approximate surface area is 159 Å². The molecule has 0 saturated carbocycles. The summed E-state index contributed by atoms with van der Waals surface area (Å²) < 4.78 is 13.2. The summed E-state index contributed by atoms with van der Waals surface area (Å²) in [6.07, 6.45) is 0. The van der Waals surface area contributed by atoms with Crippen LogP contribution in [-0.4, -0.2) is 15.9 Å². The minimum atomic E-state index is -0.568. The topological polar surface area (TPSA) is 90.7 Å². The molecular weight excluding hydrogens is 369 g/mol. The Bertz CT molecular complexity index is 1050. The van der Waals surface area contributed by atoms with Crippen LogP contribution in [0.5, 0.6) is 0 Å². The number of halogens is 2. The molecule has 0 aliphatic carbocycles. The molecule has 3 rings (SSSR count). The predicted molar refractivity (Wildman–Crippen MR) is 101 cm³/mol. The van der Waals surface area contributed by atoms with Gasteiger partial charge in [-0.1, -0.05) is 11.6 Å². The first kappa shape index (κ1) is 18.3. The SMILES string of the molecule is Cc1cc(C(=O)Nc2ccc(F)c(Cl)c2)nc(Nc2ccc(C#N)cc2)n1. The normalized spacial score (nSPS) is 10.1. The number of carbonyl (C=O) groups is 1. The van der Waals surface area contributed by atoms with Gasteiger partial charge >= 0.3 is 0 Å². The smallest absolute Gasteiger partial charge is 0.274 e. The molecule has 27 heavy (non-hydrogen) atoms. The molecule has 1 aromatic heterocycles. The quantitative estimate of drug-likeness (QED) is 0.697. The molecule has 0 spiro atoms. The highest BCUT2D eigenvalue weighted by Crippen LogP contribution is 2.20. The van der Waals surface area contributed by atoms with Crippen molar-refractivity contribution in [2.45, 2.75) is 6.92 Å². The first-order valence-corrected chi connectivity index (χ1v) is 8.21. The van der Waals surface area contributed by atoms with Crippen LogP contribution in [0, 0.1) is 24.1 Å². The zero-order valence-corrected chi connectivity index (χ0v) is 14.9. The van der Waals surface area contributed by atoms with Crippen LogP contribution in [0.1, 0.15) is 21.7 Å². The minimum Gasteiger partial charge on any atom is -0.324 e. The number of aryl methyl sites for hydroxylation is 1. The second kappa shape index (κ2) is 7.81. The van der Waals surface area contributed by atoms with E-state index >= 15 is 0 Å². The van der Waals surface area contributed by atoms with E-state index in [1.165, 1.54) is 24.3 Å². The van der Waals surface area contributed by atoms with Crippen LogP contribution in [0.25, 0.3) is 0 Å². The van der Waals surface area contributed by atoms with Crippen molar-refractivity contribution in [1.29, 1.82) is 5.26 Å². The Morgan fingerprint density at radius 1 is 1.11 bits per heavy atom. The largest absolute Gasteiger partial charge is 0.324 e. The summed E-state index contributed by atoms with van der Waals surface area (Å²) in [6.45, 7) is 1.73. The van der Waals surface area contributed by atoms with Gasteiger partial charge in [-0.25, -0.2) is 14.4 Å².